The van der Waals surface area contributed by atoms with Crippen LogP contribution < -0.4 is 5.73 Å². The third-order valence-corrected chi connectivity index (χ3v) is 6.24. The number of rotatable bonds is 11. The van der Waals surface area contributed by atoms with E-state index in [-0.39, 0.29) is 6.61 Å². The monoisotopic (exact) mass is 399 g/mol. The number of benzene rings is 1. The SMILES string of the molecule is CCCCCCCCc1ccc(C2CCCC(N)(CO[PH](O)(O)O)C2)cc1. The van der Waals surface area contributed by atoms with Gasteiger partial charge in [-0.05, 0) is 0 Å². The van der Waals surface area contributed by atoms with E-state index in [0.29, 0.717) is 5.92 Å². The van der Waals surface area contributed by atoms with Crippen LogP contribution in [0.4, 0.5) is 0 Å². The molecule has 0 amide bonds. The van der Waals surface area contributed by atoms with E-state index >= 15 is 0 Å². The van der Waals surface area contributed by atoms with Crippen molar-refractivity contribution in [3.8, 4) is 0 Å². The fraction of sp³-hybridized carbons (Fsp3) is 0.714. The molecule has 0 radical (unpaired) electrons. The third kappa shape index (κ3) is 8.55. The average molecular weight is 400 g/mol. The molecule has 2 atom stereocenters. The van der Waals surface area contributed by atoms with Gasteiger partial charge in [0.1, 0.15) is 0 Å². The van der Waals surface area contributed by atoms with Crippen molar-refractivity contribution >= 4 is 8.17 Å². The van der Waals surface area contributed by atoms with E-state index in [2.05, 4.69) is 31.2 Å². The Morgan fingerprint density at radius 1 is 1.07 bits per heavy atom. The summed E-state index contributed by atoms with van der Waals surface area (Å²) in [5, 5.41) is 0. The fourth-order valence-electron chi connectivity index (χ4n) is 4.12. The van der Waals surface area contributed by atoms with Crippen LogP contribution in [0.3, 0.4) is 0 Å². The van der Waals surface area contributed by atoms with Crippen molar-refractivity contribution in [3.05, 3.63) is 35.4 Å². The maximum absolute atomic E-state index is 9.08. The summed E-state index contributed by atoms with van der Waals surface area (Å²) in [5.41, 5.74) is 8.47. The Bertz CT molecular complexity index is 546. The zero-order valence-electron chi connectivity index (χ0n) is 16.7. The quantitative estimate of drug-likeness (QED) is 0.328. The van der Waals surface area contributed by atoms with Gasteiger partial charge >= 0.3 is 132 Å². The van der Waals surface area contributed by atoms with Crippen LogP contribution in [0, 0.1) is 0 Å². The summed E-state index contributed by atoms with van der Waals surface area (Å²) < 4.78 is 4.84. The molecule has 0 aliphatic heterocycles. The summed E-state index contributed by atoms with van der Waals surface area (Å²) >= 11 is 0. The number of aryl methyl sites for hydroxylation is 1. The molecule has 156 valence electrons. The number of nitrogens with two attached hydrogens (primary N) is 1. The molecule has 1 fully saturated rings. The van der Waals surface area contributed by atoms with Gasteiger partial charge in [0.25, 0.3) is 0 Å². The second kappa shape index (κ2) is 10.8. The van der Waals surface area contributed by atoms with Gasteiger partial charge in [-0.15, -0.1) is 0 Å². The molecule has 2 unspecified atom stereocenters. The molecular formula is C21H38NO4P. The summed E-state index contributed by atoms with van der Waals surface area (Å²) in [6.07, 6.45) is 12.6. The van der Waals surface area contributed by atoms with Crippen LogP contribution in [0.25, 0.3) is 0 Å². The van der Waals surface area contributed by atoms with Gasteiger partial charge in [-0.1, -0.05) is 32.6 Å². The van der Waals surface area contributed by atoms with E-state index in [1.165, 1.54) is 49.7 Å². The zero-order valence-corrected chi connectivity index (χ0v) is 17.7. The standard InChI is InChI=1S/C21H38NO4P/c1-2-3-4-5-6-7-9-18-11-13-19(14-12-18)20-10-8-15-21(22,16-20)17-26-27(23,24)25/h11-14,20,23-25,27H,2-10,15-17,22H2,1H3. The van der Waals surface area contributed by atoms with Crippen LogP contribution >= 0.6 is 8.17 Å². The Hall–Kier alpha value is -0.550. The van der Waals surface area contributed by atoms with Gasteiger partial charge in [-0.3, -0.25) is 0 Å². The van der Waals surface area contributed by atoms with Crippen molar-refractivity contribution < 1.29 is 19.2 Å². The Labute approximate surface area is 164 Å². The van der Waals surface area contributed by atoms with Crippen LogP contribution in [0.1, 0.15) is 88.2 Å². The van der Waals surface area contributed by atoms with Gasteiger partial charge in [0.05, 0.1) is 0 Å². The molecular weight excluding hydrogens is 361 g/mol. The first-order valence-corrected chi connectivity index (χ1v) is 12.3. The first-order valence-electron chi connectivity index (χ1n) is 10.5. The maximum atomic E-state index is 9.08. The van der Waals surface area contributed by atoms with Crippen LogP contribution in [0.15, 0.2) is 24.3 Å². The van der Waals surface area contributed by atoms with Gasteiger partial charge < -0.3 is 0 Å². The molecule has 0 aromatic heterocycles. The average Bonchev–Trinajstić information content (AvgIpc) is 2.63. The fourth-order valence-corrected chi connectivity index (χ4v) is 4.60. The first kappa shape index (κ1) is 22.7. The molecule has 1 aliphatic rings. The summed E-state index contributed by atoms with van der Waals surface area (Å²) in [6, 6.07) is 8.90. The molecule has 1 aromatic carbocycles. The van der Waals surface area contributed by atoms with Crippen molar-refractivity contribution in [2.24, 2.45) is 5.73 Å². The van der Waals surface area contributed by atoms with Crippen LogP contribution in [-0.4, -0.2) is 26.8 Å². The second-order valence-electron chi connectivity index (χ2n) is 8.28. The van der Waals surface area contributed by atoms with Crippen molar-refractivity contribution in [1.29, 1.82) is 0 Å². The summed E-state index contributed by atoms with van der Waals surface area (Å²) in [5.74, 6) is 0.350. The first-order chi connectivity index (χ1) is 12.8. The number of hydrogen-bond donors (Lipinski definition) is 4. The van der Waals surface area contributed by atoms with Gasteiger partial charge in [-0.25, -0.2) is 0 Å². The van der Waals surface area contributed by atoms with E-state index in [4.69, 9.17) is 24.9 Å². The van der Waals surface area contributed by atoms with E-state index in [9.17, 15) is 0 Å². The molecule has 0 bridgehead atoms. The van der Waals surface area contributed by atoms with Crippen molar-refractivity contribution in [3.63, 3.8) is 0 Å². The molecule has 0 saturated heterocycles. The zero-order chi connectivity index (χ0) is 19.8. The minimum absolute atomic E-state index is 0.0185. The second-order valence-corrected chi connectivity index (χ2v) is 9.71. The molecule has 1 aromatic rings. The minimum atomic E-state index is -4.50. The predicted octanol–water partition coefficient (Wildman–Crippen LogP) is 4.35. The van der Waals surface area contributed by atoms with Crippen molar-refractivity contribution in [2.75, 3.05) is 6.61 Å². The van der Waals surface area contributed by atoms with Gasteiger partial charge in [0, 0.05) is 0 Å². The predicted molar refractivity (Wildman–Crippen MR) is 113 cm³/mol. The molecule has 27 heavy (non-hydrogen) atoms. The van der Waals surface area contributed by atoms with Gasteiger partial charge in [0.2, 0.25) is 0 Å². The normalized spacial score (nSPS) is 24.1. The Morgan fingerprint density at radius 2 is 1.74 bits per heavy atom. The molecule has 1 saturated carbocycles. The third-order valence-electron chi connectivity index (χ3n) is 5.70. The topological polar surface area (TPSA) is 95.9 Å². The summed E-state index contributed by atoms with van der Waals surface area (Å²) in [6.45, 7) is 2.23. The number of unbranched alkanes of at least 4 members (excludes halogenated alkanes) is 5. The van der Waals surface area contributed by atoms with Crippen LogP contribution in [-0.2, 0) is 10.9 Å². The molecule has 6 heteroatoms. The Balaban J connectivity index is 1.81. The van der Waals surface area contributed by atoms with Crippen molar-refractivity contribution in [1.82, 2.24) is 0 Å². The van der Waals surface area contributed by atoms with Gasteiger partial charge in [0.15, 0.2) is 0 Å². The molecule has 5 N–H and O–H groups in total. The molecule has 1 aliphatic carbocycles. The molecule has 2 rings (SSSR count). The van der Waals surface area contributed by atoms with Crippen molar-refractivity contribution in [2.45, 2.75) is 89.0 Å². The Kier molecular flexibility index (Phi) is 9.13. The molecule has 0 spiro atoms. The van der Waals surface area contributed by atoms with E-state index < -0.39 is 13.7 Å². The molecule has 0 heterocycles. The van der Waals surface area contributed by atoms with E-state index in [1.807, 2.05) is 0 Å². The van der Waals surface area contributed by atoms with Crippen LogP contribution in [0.5, 0.6) is 0 Å². The number of hydrogen-bond acceptors (Lipinski definition) is 5. The summed E-state index contributed by atoms with van der Waals surface area (Å²) in [4.78, 5) is 27.2. The van der Waals surface area contributed by atoms with Gasteiger partial charge in [-0.2, -0.15) is 0 Å². The summed E-state index contributed by atoms with van der Waals surface area (Å²) in [7, 11) is -4.50. The molecule has 5 nitrogen and oxygen atoms in total. The van der Waals surface area contributed by atoms with Crippen LogP contribution in [0.2, 0.25) is 0 Å². The van der Waals surface area contributed by atoms with E-state index in [0.717, 1.165) is 32.1 Å². The Morgan fingerprint density at radius 3 is 2.41 bits per heavy atom. The van der Waals surface area contributed by atoms with E-state index in [1.54, 1.807) is 0 Å².